The normalized spacial score (nSPS) is 12.5. The highest BCUT2D eigenvalue weighted by Gasteiger charge is 2.18. The van der Waals surface area contributed by atoms with E-state index in [2.05, 4.69) is 64.7 Å². The summed E-state index contributed by atoms with van der Waals surface area (Å²) in [4.78, 5) is 6.79. The Kier molecular flexibility index (Phi) is 11.0. The lowest BCUT2D eigenvalue weighted by molar-refractivity contribution is 0.219. The lowest BCUT2D eigenvalue weighted by atomic mass is 10.1. The van der Waals surface area contributed by atoms with Crippen LogP contribution in [0.1, 0.15) is 31.2 Å². The van der Waals surface area contributed by atoms with Crippen molar-refractivity contribution in [2.75, 3.05) is 33.2 Å². The van der Waals surface area contributed by atoms with Gasteiger partial charge in [-0.25, -0.2) is 0 Å². The van der Waals surface area contributed by atoms with Crippen molar-refractivity contribution >= 4 is 29.9 Å². The number of furan rings is 1. The first-order valence-electron chi connectivity index (χ1n) is 9.04. The highest BCUT2D eigenvalue weighted by atomic mass is 127. The Bertz CT molecular complexity index is 612. The molecular formula is C20H31IN4O. The molecule has 144 valence electrons. The number of benzene rings is 1. The summed E-state index contributed by atoms with van der Waals surface area (Å²) in [6.07, 6.45) is 2.54. The Hall–Kier alpha value is -1.54. The van der Waals surface area contributed by atoms with E-state index in [9.17, 15) is 0 Å². The van der Waals surface area contributed by atoms with Crippen LogP contribution in [0.4, 0.5) is 0 Å². The molecule has 0 spiro atoms. The number of likely N-dealkylation sites (N-methyl/N-ethyl adjacent to an activating group) is 1. The molecule has 26 heavy (non-hydrogen) atoms. The number of halogens is 1. The summed E-state index contributed by atoms with van der Waals surface area (Å²) in [6, 6.07) is 14.9. The van der Waals surface area contributed by atoms with Gasteiger partial charge in [0.15, 0.2) is 5.96 Å². The van der Waals surface area contributed by atoms with Crippen LogP contribution in [-0.4, -0.2) is 44.1 Å². The van der Waals surface area contributed by atoms with E-state index in [0.717, 1.165) is 44.3 Å². The minimum atomic E-state index is 0. The van der Waals surface area contributed by atoms with Crippen LogP contribution >= 0.6 is 24.0 Å². The molecule has 1 aromatic heterocycles. The van der Waals surface area contributed by atoms with Crippen molar-refractivity contribution in [2.24, 2.45) is 4.99 Å². The predicted molar refractivity (Wildman–Crippen MR) is 119 cm³/mol. The Morgan fingerprint density at radius 1 is 1.08 bits per heavy atom. The molecule has 0 aliphatic rings. The summed E-state index contributed by atoms with van der Waals surface area (Å²) >= 11 is 0. The zero-order valence-corrected chi connectivity index (χ0v) is 18.3. The molecular weight excluding hydrogens is 439 g/mol. The van der Waals surface area contributed by atoms with Crippen LogP contribution < -0.4 is 10.6 Å². The highest BCUT2D eigenvalue weighted by molar-refractivity contribution is 14.0. The molecule has 2 rings (SSSR count). The van der Waals surface area contributed by atoms with Gasteiger partial charge < -0.3 is 15.1 Å². The Morgan fingerprint density at radius 2 is 1.81 bits per heavy atom. The smallest absolute Gasteiger partial charge is 0.191 e. The van der Waals surface area contributed by atoms with Gasteiger partial charge in [-0.3, -0.25) is 9.89 Å². The van der Waals surface area contributed by atoms with Crippen molar-refractivity contribution in [3.05, 3.63) is 60.1 Å². The van der Waals surface area contributed by atoms with Gasteiger partial charge in [0.1, 0.15) is 5.76 Å². The predicted octanol–water partition coefficient (Wildman–Crippen LogP) is 3.69. The zero-order valence-electron chi connectivity index (χ0n) is 15.9. The largest absolute Gasteiger partial charge is 0.469 e. The fourth-order valence-corrected chi connectivity index (χ4v) is 2.97. The molecule has 0 bridgehead atoms. The summed E-state index contributed by atoms with van der Waals surface area (Å²) in [5.74, 6) is 1.80. The third kappa shape index (κ3) is 6.99. The summed E-state index contributed by atoms with van der Waals surface area (Å²) in [6.45, 7) is 8.04. The maximum atomic E-state index is 5.36. The van der Waals surface area contributed by atoms with Crippen LogP contribution in [0.3, 0.4) is 0 Å². The minimum absolute atomic E-state index is 0. The van der Waals surface area contributed by atoms with E-state index in [1.165, 1.54) is 5.56 Å². The topological polar surface area (TPSA) is 52.8 Å². The fourth-order valence-electron chi connectivity index (χ4n) is 2.97. The number of nitrogens with zero attached hydrogens (tertiary/aromatic N) is 2. The number of aliphatic imine (C=N–C) groups is 1. The standard InChI is InChI=1S/C20H30N4O.HI/c1-4-24(5-2)19(17-10-7-6-8-11-17)16-23-20(21-3)22-14-13-18-12-9-15-25-18;/h6-12,15,19H,4-5,13-14,16H2,1-3H3,(H2,21,22,23);1H. The third-order valence-electron chi connectivity index (χ3n) is 4.37. The van der Waals surface area contributed by atoms with Gasteiger partial charge >= 0.3 is 0 Å². The van der Waals surface area contributed by atoms with E-state index in [4.69, 9.17) is 4.42 Å². The average Bonchev–Trinajstić information content (AvgIpc) is 3.17. The van der Waals surface area contributed by atoms with Gasteiger partial charge in [-0.2, -0.15) is 0 Å². The zero-order chi connectivity index (χ0) is 17.9. The van der Waals surface area contributed by atoms with Crippen molar-refractivity contribution in [1.29, 1.82) is 0 Å². The maximum absolute atomic E-state index is 5.36. The molecule has 5 nitrogen and oxygen atoms in total. The van der Waals surface area contributed by atoms with Gasteiger partial charge in [-0.05, 0) is 30.8 Å². The van der Waals surface area contributed by atoms with Crippen molar-refractivity contribution in [2.45, 2.75) is 26.3 Å². The van der Waals surface area contributed by atoms with E-state index >= 15 is 0 Å². The quantitative estimate of drug-likeness (QED) is 0.334. The second-order valence-electron chi connectivity index (χ2n) is 5.86. The van der Waals surface area contributed by atoms with E-state index in [-0.39, 0.29) is 24.0 Å². The fraction of sp³-hybridized carbons (Fsp3) is 0.450. The van der Waals surface area contributed by atoms with E-state index in [1.54, 1.807) is 13.3 Å². The van der Waals surface area contributed by atoms with Crippen LogP contribution in [0.15, 0.2) is 58.1 Å². The molecule has 0 aliphatic carbocycles. The second-order valence-corrected chi connectivity index (χ2v) is 5.86. The molecule has 1 unspecified atom stereocenters. The molecule has 1 atom stereocenters. The van der Waals surface area contributed by atoms with Gasteiger partial charge in [0, 0.05) is 26.6 Å². The summed E-state index contributed by atoms with van der Waals surface area (Å²) in [5.41, 5.74) is 1.32. The monoisotopic (exact) mass is 470 g/mol. The van der Waals surface area contributed by atoms with Gasteiger partial charge in [-0.15, -0.1) is 24.0 Å². The SMILES string of the molecule is CCN(CC)C(CNC(=NC)NCCc1ccco1)c1ccccc1.I. The molecule has 0 fully saturated rings. The first-order chi connectivity index (χ1) is 12.3. The molecule has 2 N–H and O–H groups in total. The number of hydrogen-bond acceptors (Lipinski definition) is 3. The number of rotatable bonds is 9. The van der Waals surface area contributed by atoms with Gasteiger partial charge in [0.25, 0.3) is 0 Å². The Labute approximate surface area is 174 Å². The molecule has 0 amide bonds. The lowest BCUT2D eigenvalue weighted by Crippen LogP contribution is -2.43. The molecule has 2 aromatic rings. The minimum Gasteiger partial charge on any atom is -0.469 e. The number of nitrogens with one attached hydrogen (secondary N) is 2. The molecule has 0 saturated carbocycles. The van der Waals surface area contributed by atoms with E-state index in [0.29, 0.717) is 6.04 Å². The second kappa shape index (κ2) is 12.8. The van der Waals surface area contributed by atoms with Gasteiger partial charge in [0.2, 0.25) is 0 Å². The third-order valence-corrected chi connectivity index (χ3v) is 4.37. The van der Waals surface area contributed by atoms with Crippen molar-refractivity contribution < 1.29 is 4.42 Å². The Balaban J connectivity index is 0.00000338. The first kappa shape index (κ1) is 22.5. The molecule has 0 radical (unpaired) electrons. The van der Waals surface area contributed by atoms with Crippen LogP contribution in [0.5, 0.6) is 0 Å². The van der Waals surface area contributed by atoms with Crippen molar-refractivity contribution in [3.8, 4) is 0 Å². The maximum Gasteiger partial charge on any atom is 0.191 e. The van der Waals surface area contributed by atoms with Crippen molar-refractivity contribution in [1.82, 2.24) is 15.5 Å². The summed E-state index contributed by atoms with van der Waals surface area (Å²) in [5, 5.41) is 6.81. The van der Waals surface area contributed by atoms with E-state index in [1.807, 2.05) is 12.1 Å². The average molecular weight is 470 g/mol. The summed E-state index contributed by atoms with van der Waals surface area (Å²) in [7, 11) is 1.80. The van der Waals surface area contributed by atoms with Crippen LogP contribution in [0.2, 0.25) is 0 Å². The number of hydrogen-bond donors (Lipinski definition) is 2. The highest BCUT2D eigenvalue weighted by Crippen LogP contribution is 2.19. The molecule has 1 heterocycles. The lowest BCUT2D eigenvalue weighted by Gasteiger charge is -2.30. The van der Waals surface area contributed by atoms with Crippen LogP contribution in [0.25, 0.3) is 0 Å². The van der Waals surface area contributed by atoms with Crippen LogP contribution in [-0.2, 0) is 6.42 Å². The number of guanidine groups is 1. The summed E-state index contributed by atoms with van der Waals surface area (Å²) < 4.78 is 5.36. The van der Waals surface area contributed by atoms with Crippen molar-refractivity contribution in [3.63, 3.8) is 0 Å². The first-order valence-corrected chi connectivity index (χ1v) is 9.04. The molecule has 1 aromatic carbocycles. The molecule has 0 aliphatic heterocycles. The molecule has 0 saturated heterocycles. The van der Waals surface area contributed by atoms with Gasteiger partial charge in [0.05, 0.1) is 12.3 Å². The van der Waals surface area contributed by atoms with Crippen LogP contribution in [0, 0.1) is 0 Å². The Morgan fingerprint density at radius 3 is 2.38 bits per heavy atom. The molecule has 6 heteroatoms. The van der Waals surface area contributed by atoms with E-state index < -0.39 is 0 Å². The van der Waals surface area contributed by atoms with Gasteiger partial charge in [-0.1, -0.05) is 44.2 Å².